The number of aliphatic hydroxyl groups excluding tert-OH is 1. The lowest BCUT2D eigenvalue weighted by Gasteiger charge is -2.61. The van der Waals surface area contributed by atoms with Gasteiger partial charge in [-0.15, -0.1) is 0 Å². The summed E-state index contributed by atoms with van der Waals surface area (Å²) in [4.78, 5) is 14.1. The van der Waals surface area contributed by atoms with Gasteiger partial charge in [0.2, 0.25) is 5.95 Å². The Morgan fingerprint density at radius 2 is 1.92 bits per heavy atom. The molecule has 9 nitrogen and oxygen atoms in total. The fourth-order valence-corrected chi connectivity index (χ4v) is 6.88. The molecule has 5 fully saturated rings. The molecule has 0 radical (unpaired) electrons. The third-order valence-corrected chi connectivity index (χ3v) is 9.40. The first-order valence-corrected chi connectivity index (χ1v) is 13.3. The lowest BCUT2D eigenvalue weighted by atomic mass is 9.50. The van der Waals surface area contributed by atoms with Crippen molar-refractivity contribution in [2.45, 2.75) is 50.3 Å². The van der Waals surface area contributed by atoms with E-state index in [2.05, 4.69) is 51.2 Å². The molecule has 0 unspecified atom stereocenters. The van der Waals surface area contributed by atoms with Crippen molar-refractivity contribution in [3.63, 3.8) is 0 Å². The van der Waals surface area contributed by atoms with Gasteiger partial charge in [-0.2, -0.15) is 5.10 Å². The molecule has 2 N–H and O–H groups in total. The second-order valence-corrected chi connectivity index (χ2v) is 11.7. The van der Waals surface area contributed by atoms with Crippen LogP contribution in [0.4, 0.5) is 17.3 Å². The van der Waals surface area contributed by atoms with Gasteiger partial charge in [0, 0.05) is 43.4 Å². The summed E-state index contributed by atoms with van der Waals surface area (Å²) in [6, 6.07) is 4.32. The van der Waals surface area contributed by atoms with E-state index in [1.165, 1.54) is 30.5 Å². The number of nitrogens with zero attached hydrogens (tertiary/aromatic N) is 6. The van der Waals surface area contributed by atoms with Gasteiger partial charge in [-0.3, -0.25) is 4.90 Å². The second-order valence-electron chi connectivity index (χ2n) is 11.3. The molecule has 0 amide bonds. The van der Waals surface area contributed by atoms with Crippen LogP contribution in [0.5, 0.6) is 0 Å². The Hall–Kier alpha value is -2.46. The predicted molar refractivity (Wildman–Crippen MR) is 139 cm³/mol. The van der Waals surface area contributed by atoms with E-state index < -0.39 is 6.10 Å². The molecule has 3 saturated carbocycles. The number of ether oxygens (including phenoxy) is 1. The molecule has 4 heterocycles. The molecule has 5 aliphatic rings. The maximum atomic E-state index is 10.4. The van der Waals surface area contributed by atoms with E-state index >= 15 is 0 Å². The lowest BCUT2D eigenvalue weighted by Crippen LogP contribution is -2.60. The van der Waals surface area contributed by atoms with Gasteiger partial charge in [0.1, 0.15) is 0 Å². The first-order valence-electron chi connectivity index (χ1n) is 12.9. The van der Waals surface area contributed by atoms with Gasteiger partial charge in [0.15, 0.2) is 5.15 Å². The standard InChI is InChI=1S/C26H32ClN7O2/c1-16-7-18-12-28-24(31-20-13-29-34(23(20)27)26-9-17(10-26)11-26)30-19(18)8-21(16)32-3-5-33(6-4-32)25(2)15-36-14-22(25)35/h7-8,12-13,17,22,35H,3-6,9-11,14-15H2,1-2H3,(H,28,30,31)/t17?,22-,25+,26?/m1/s1. The molecule has 190 valence electrons. The van der Waals surface area contributed by atoms with Crippen molar-refractivity contribution in [2.75, 3.05) is 49.6 Å². The van der Waals surface area contributed by atoms with Crippen LogP contribution in [0.1, 0.15) is 31.7 Å². The van der Waals surface area contributed by atoms with Gasteiger partial charge in [0.05, 0.1) is 47.8 Å². The molecule has 10 heteroatoms. The van der Waals surface area contributed by atoms with Crippen LogP contribution >= 0.6 is 11.6 Å². The van der Waals surface area contributed by atoms with Crippen molar-refractivity contribution in [1.82, 2.24) is 24.6 Å². The van der Waals surface area contributed by atoms with Crippen LogP contribution in [0.2, 0.25) is 5.15 Å². The lowest BCUT2D eigenvalue weighted by molar-refractivity contribution is -0.0975. The number of hydrogen-bond acceptors (Lipinski definition) is 8. The SMILES string of the molecule is Cc1cc2cnc(Nc3cnn(C45CC(C4)C5)c3Cl)nc2cc1N1CCN([C@@]2(C)COC[C@H]2O)CC1. The minimum atomic E-state index is -0.436. The molecule has 36 heavy (non-hydrogen) atoms. The largest absolute Gasteiger partial charge is 0.389 e. The van der Waals surface area contributed by atoms with E-state index in [4.69, 9.17) is 21.3 Å². The first-order chi connectivity index (χ1) is 17.3. The molecule has 3 aromatic rings. The van der Waals surface area contributed by atoms with E-state index in [0.717, 1.165) is 48.7 Å². The molecular formula is C26H32ClN7O2. The maximum Gasteiger partial charge on any atom is 0.227 e. The fraction of sp³-hybridized carbons (Fsp3) is 0.577. The average molecular weight is 510 g/mol. The molecule has 2 aliphatic heterocycles. The van der Waals surface area contributed by atoms with Gasteiger partial charge < -0.3 is 20.1 Å². The van der Waals surface area contributed by atoms with Crippen LogP contribution in [-0.2, 0) is 10.3 Å². The van der Waals surface area contributed by atoms with E-state index in [1.54, 1.807) is 6.20 Å². The van der Waals surface area contributed by atoms with Crippen LogP contribution in [0.25, 0.3) is 10.9 Å². The summed E-state index contributed by atoms with van der Waals surface area (Å²) in [6.07, 6.45) is 6.76. The number of anilines is 3. The van der Waals surface area contributed by atoms with E-state index in [-0.39, 0.29) is 11.1 Å². The van der Waals surface area contributed by atoms with Crippen LogP contribution in [0.15, 0.2) is 24.5 Å². The first kappa shape index (κ1) is 22.7. The number of piperazine rings is 1. The van der Waals surface area contributed by atoms with Crippen molar-refractivity contribution in [2.24, 2.45) is 5.92 Å². The van der Waals surface area contributed by atoms with E-state index in [9.17, 15) is 5.11 Å². The Morgan fingerprint density at radius 3 is 2.58 bits per heavy atom. The normalized spacial score (nSPS) is 31.9. The molecule has 2 atom stereocenters. The Balaban J connectivity index is 1.10. The third-order valence-electron chi connectivity index (χ3n) is 9.04. The summed E-state index contributed by atoms with van der Waals surface area (Å²) >= 11 is 6.69. The van der Waals surface area contributed by atoms with E-state index in [0.29, 0.717) is 24.3 Å². The highest BCUT2D eigenvalue weighted by atomic mass is 35.5. The second kappa shape index (κ2) is 8.02. The molecule has 2 saturated heterocycles. The van der Waals surface area contributed by atoms with Crippen LogP contribution < -0.4 is 10.2 Å². The molecular weight excluding hydrogens is 478 g/mol. The smallest absolute Gasteiger partial charge is 0.227 e. The third kappa shape index (κ3) is 3.36. The quantitative estimate of drug-likeness (QED) is 0.541. The summed E-state index contributed by atoms with van der Waals surface area (Å²) in [5.74, 6) is 1.38. The monoisotopic (exact) mass is 509 g/mol. The average Bonchev–Trinajstić information content (AvgIpc) is 3.34. The summed E-state index contributed by atoms with van der Waals surface area (Å²) in [7, 11) is 0. The molecule has 0 spiro atoms. The number of aryl methyl sites for hydroxylation is 1. The number of halogens is 1. The van der Waals surface area contributed by atoms with Crippen molar-refractivity contribution in [1.29, 1.82) is 0 Å². The number of benzene rings is 1. The zero-order valence-electron chi connectivity index (χ0n) is 20.7. The van der Waals surface area contributed by atoms with Gasteiger partial charge >= 0.3 is 0 Å². The number of rotatable bonds is 5. The molecule has 2 aromatic heterocycles. The summed E-state index contributed by atoms with van der Waals surface area (Å²) in [5, 5.41) is 19.9. The van der Waals surface area contributed by atoms with Gasteiger partial charge in [-0.1, -0.05) is 11.6 Å². The van der Waals surface area contributed by atoms with Crippen molar-refractivity contribution >= 4 is 39.8 Å². The van der Waals surface area contributed by atoms with Crippen molar-refractivity contribution in [3.8, 4) is 0 Å². The van der Waals surface area contributed by atoms with E-state index in [1.807, 2.05) is 10.9 Å². The number of aliphatic hydroxyl groups is 1. The van der Waals surface area contributed by atoms with Gasteiger partial charge in [0.25, 0.3) is 0 Å². The van der Waals surface area contributed by atoms with Crippen LogP contribution in [0.3, 0.4) is 0 Å². The van der Waals surface area contributed by atoms with Crippen LogP contribution in [-0.4, -0.2) is 80.8 Å². The predicted octanol–water partition coefficient (Wildman–Crippen LogP) is 3.31. The highest BCUT2D eigenvalue weighted by Crippen LogP contribution is 2.63. The van der Waals surface area contributed by atoms with Crippen LogP contribution in [0, 0.1) is 12.8 Å². The number of fused-ring (bicyclic) bond motifs is 1. The Morgan fingerprint density at radius 1 is 1.14 bits per heavy atom. The minimum Gasteiger partial charge on any atom is -0.389 e. The van der Waals surface area contributed by atoms with Gasteiger partial charge in [-0.05, 0) is 56.7 Å². The Kier molecular flexibility index (Phi) is 5.06. The van der Waals surface area contributed by atoms with Gasteiger partial charge in [-0.25, -0.2) is 14.6 Å². The summed E-state index contributed by atoms with van der Waals surface area (Å²) in [6.45, 7) is 8.81. The zero-order valence-corrected chi connectivity index (χ0v) is 21.5. The number of nitrogens with one attached hydrogen (secondary N) is 1. The topological polar surface area (TPSA) is 91.6 Å². The molecule has 8 rings (SSSR count). The van der Waals surface area contributed by atoms with Crippen molar-refractivity contribution in [3.05, 3.63) is 35.2 Å². The summed E-state index contributed by atoms with van der Waals surface area (Å²) in [5.41, 5.74) is 3.88. The summed E-state index contributed by atoms with van der Waals surface area (Å²) < 4.78 is 7.54. The minimum absolute atomic E-state index is 0.142. The fourth-order valence-electron chi connectivity index (χ4n) is 6.56. The van der Waals surface area contributed by atoms with Crippen molar-refractivity contribution < 1.29 is 9.84 Å². The molecule has 3 aliphatic carbocycles. The maximum absolute atomic E-state index is 10.4. The number of hydrogen-bond donors (Lipinski definition) is 2. The Bertz CT molecular complexity index is 1320. The highest BCUT2D eigenvalue weighted by Gasteiger charge is 2.59. The Labute approximate surface area is 215 Å². The molecule has 2 bridgehead atoms. The highest BCUT2D eigenvalue weighted by molar-refractivity contribution is 6.32. The molecule has 1 aromatic carbocycles. The zero-order chi connectivity index (χ0) is 24.7. The number of aromatic nitrogens is 4.